The SMILES string of the molecule is ClC1=N/C=C\CCCC=C1Br. The van der Waals surface area contributed by atoms with E-state index in [2.05, 4.69) is 27.0 Å². The first kappa shape index (κ1) is 9.01. The molecular weight excluding hydrogens is 225 g/mol. The van der Waals surface area contributed by atoms with Crippen LogP contribution in [0.4, 0.5) is 0 Å². The Balaban J connectivity index is 2.76. The summed E-state index contributed by atoms with van der Waals surface area (Å²) in [5.41, 5.74) is 0. The molecule has 0 saturated heterocycles. The summed E-state index contributed by atoms with van der Waals surface area (Å²) in [4.78, 5) is 4.01. The van der Waals surface area contributed by atoms with Crippen LogP contribution >= 0.6 is 27.5 Å². The van der Waals surface area contributed by atoms with Crippen molar-refractivity contribution < 1.29 is 0 Å². The van der Waals surface area contributed by atoms with Crippen molar-refractivity contribution in [3.8, 4) is 0 Å². The zero-order chi connectivity index (χ0) is 8.10. The summed E-state index contributed by atoms with van der Waals surface area (Å²) in [5.74, 6) is 0. The number of allylic oxidation sites excluding steroid dienone is 3. The number of hydrogen-bond donors (Lipinski definition) is 0. The van der Waals surface area contributed by atoms with Crippen molar-refractivity contribution in [1.29, 1.82) is 0 Å². The highest BCUT2D eigenvalue weighted by Gasteiger charge is 1.98. The Labute approximate surface area is 80.0 Å². The second-order valence-corrected chi connectivity index (χ2v) is 3.50. The van der Waals surface area contributed by atoms with Gasteiger partial charge >= 0.3 is 0 Å². The molecule has 0 saturated carbocycles. The van der Waals surface area contributed by atoms with Crippen LogP contribution in [0.15, 0.2) is 27.8 Å². The van der Waals surface area contributed by atoms with E-state index in [4.69, 9.17) is 11.6 Å². The summed E-state index contributed by atoms with van der Waals surface area (Å²) in [5, 5.41) is 0.531. The molecule has 1 aliphatic heterocycles. The fourth-order valence-electron chi connectivity index (χ4n) is 0.803. The summed E-state index contributed by atoms with van der Waals surface area (Å²) >= 11 is 9.14. The normalized spacial score (nSPS) is 22.4. The molecule has 0 aromatic heterocycles. The monoisotopic (exact) mass is 233 g/mol. The molecule has 60 valence electrons. The Bertz CT molecular complexity index is 218. The fourth-order valence-corrected chi connectivity index (χ4v) is 1.27. The topological polar surface area (TPSA) is 12.4 Å². The van der Waals surface area contributed by atoms with Crippen LogP contribution in [-0.4, -0.2) is 5.17 Å². The van der Waals surface area contributed by atoms with Gasteiger partial charge in [0.15, 0.2) is 0 Å². The van der Waals surface area contributed by atoms with E-state index in [1.807, 2.05) is 6.08 Å². The number of hydrogen-bond acceptors (Lipinski definition) is 1. The van der Waals surface area contributed by atoms with Crippen molar-refractivity contribution in [1.82, 2.24) is 0 Å². The largest absolute Gasteiger partial charge is 0.244 e. The first-order valence-electron chi connectivity index (χ1n) is 3.55. The molecular formula is C8H9BrClN. The van der Waals surface area contributed by atoms with E-state index in [0.29, 0.717) is 5.17 Å². The van der Waals surface area contributed by atoms with Crippen LogP contribution in [0.2, 0.25) is 0 Å². The molecule has 0 unspecified atom stereocenters. The number of nitrogens with zero attached hydrogens (tertiary/aromatic N) is 1. The molecule has 0 bridgehead atoms. The Morgan fingerprint density at radius 3 is 3.09 bits per heavy atom. The lowest BCUT2D eigenvalue weighted by atomic mass is 10.2. The smallest absolute Gasteiger partial charge is 0.142 e. The van der Waals surface area contributed by atoms with Crippen LogP contribution in [0.5, 0.6) is 0 Å². The highest BCUT2D eigenvalue weighted by molar-refractivity contribution is 9.12. The average molecular weight is 235 g/mol. The highest BCUT2D eigenvalue weighted by Crippen LogP contribution is 2.15. The van der Waals surface area contributed by atoms with E-state index in [1.165, 1.54) is 0 Å². The van der Waals surface area contributed by atoms with E-state index < -0.39 is 0 Å². The van der Waals surface area contributed by atoms with Crippen LogP contribution in [0.3, 0.4) is 0 Å². The Kier molecular flexibility index (Phi) is 3.87. The molecule has 0 aromatic rings. The number of rotatable bonds is 0. The van der Waals surface area contributed by atoms with Gasteiger partial charge in [0.1, 0.15) is 5.17 Å². The highest BCUT2D eigenvalue weighted by atomic mass is 79.9. The summed E-state index contributed by atoms with van der Waals surface area (Å²) in [6.07, 6.45) is 9.12. The van der Waals surface area contributed by atoms with Crippen molar-refractivity contribution in [3.05, 3.63) is 22.8 Å². The lowest BCUT2D eigenvalue weighted by Crippen LogP contribution is -1.83. The van der Waals surface area contributed by atoms with Crippen LogP contribution in [-0.2, 0) is 0 Å². The lowest BCUT2D eigenvalue weighted by Gasteiger charge is -1.92. The molecule has 0 fully saturated rings. The molecule has 0 atom stereocenters. The number of aliphatic imine (C=N–C) groups is 1. The number of halogens is 2. The lowest BCUT2D eigenvalue weighted by molar-refractivity contribution is 0.868. The third-order valence-corrected chi connectivity index (χ3v) is 2.62. The molecule has 1 heterocycles. The van der Waals surface area contributed by atoms with E-state index >= 15 is 0 Å². The second-order valence-electron chi connectivity index (χ2n) is 2.29. The standard InChI is InChI=1S/C8H9BrClN/c9-7-5-3-1-2-4-6-11-8(7)10/h4-6H,1-3H2/b6-4-,7-5?,11-8?. The Morgan fingerprint density at radius 1 is 1.45 bits per heavy atom. The van der Waals surface area contributed by atoms with Crippen molar-refractivity contribution in [2.24, 2.45) is 4.99 Å². The van der Waals surface area contributed by atoms with Gasteiger partial charge in [-0.1, -0.05) is 23.8 Å². The van der Waals surface area contributed by atoms with Crippen LogP contribution in [0, 0.1) is 0 Å². The zero-order valence-corrected chi connectivity index (χ0v) is 8.40. The van der Waals surface area contributed by atoms with Crippen LogP contribution in [0.1, 0.15) is 19.3 Å². The molecule has 0 amide bonds. The third-order valence-electron chi connectivity index (χ3n) is 1.39. The minimum absolute atomic E-state index is 0.531. The van der Waals surface area contributed by atoms with Crippen molar-refractivity contribution in [3.63, 3.8) is 0 Å². The van der Waals surface area contributed by atoms with Gasteiger partial charge in [-0.05, 0) is 35.2 Å². The minimum Gasteiger partial charge on any atom is -0.244 e. The summed E-state index contributed by atoms with van der Waals surface area (Å²) in [6, 6.07) is 0. The van der Waals surface area contributed by atoms with Crippen molar-refractivity contribution in [2.45, 2.75) is 19.3 Å². The maximum Gasteiger partial charge on any atom is 0.142 e. The predicted octanol–water partition coefficient (Wildman–Crippen LogP) is 3.60. The van der Waals surface area contributed by atoms with Gasteiger partial charge in [0.05, 0.1) is 4.48 Å². The first-order chi connectivity index (χ1) is 5.30. The maximum absolute atomic E-state index is 5.80. The molecule has 0 N–H and O–H groups in total. The zero-order valence-electron chi connectivity index (χ0n) is 6.06. The summed E-state index contributed by atoms with van der Waals surface area (Å²) < 4.78 is 0.894. The van der Waals surface area contributed by atoms with Gasteiger partial charge < -0.3 is 0 Å². The molecule has 3 heteroatoms. The van der Waals surface area contributed by atoms with Gasteiger partial charge in [-0.25, -0.2) is 4.99 Å². The molecule has 0 aromatic carbocycles. The molecule has 1 aliphatic rings. The summed E-state index contributed by atoms with van der Waals surface area (Å²) in [7, 11) is 0. The molecule has 1 rings (SSSR count). The van der Waals surface area contributed by atoms with E-state index in [-0.39, 0.29) is 0 Å². The fraction of sp³-hybridized carbons (Fsp3) is 0.375. The van der Waals surface area contributed by atoms with E-state index in [1.54, 1.807) is 6.20 Å². The Hall–Kier alpha value is -0.0800. The van der Waals surface area contributed by atoms with E-state index in [9.17, 15) is 0 Å². The Morgan fingerprint density at radius 2 is 2.27 bits per heavy atom. The van der Waals surface area contributed by atoms with Gasteiger partial charge in [0, 0.05) is 6.20 Å². The molecule has 0 spiro atoms. The van der Waals surface area contributed by atoms with Crippen molar-refractivity contribution in [2.75, 3.05) is 0 Å². The van der Waals surface area contributed by atoms with Crippen molar-refractivity contribution >= 4 is 32.7 Å². The molecule has 0 radical (unpaired) electrons. The summed E-state index contributed by atoms with van der Waals surface area (Å²) in [6.45, 7) is 0. The van der Waals surface area contributed by atoms with Gasteiger partial charge in [0.25, 0.3) is 0 Å². The first-order valence-corrected chi connectivity index (χ1v) is 4.72. The van der Waals surface area contributed by atoms with Gasteiger partial charge in [-0.15, -0.1) is 0 Å². The molecule has 1 nitrogen and oxygen atoms in total. The van der Waals surface area contributed by atoms with Gasteiger partial charge in [-0.2, -0.15) is 0 Å². The predicted molar refractivity (Wildman–Crippen MR) is 53.3 cm³/mol. The average Bonchev–Trinajstić information content (AvgIpc) is 2.07. The maximum atomic E-state index is 5.80. The van der Waals surface area contributed by atoms with Gasteiger partial charge in [0.2, 0.25) is 0 Å². The molecule has 11 heavy (non-hydrogen) atoms. The minimum atomic E-state index is 0.531. The molecule has 0 aliphatic carbocycles. The van der Waals surface area contributed by atoms with Crippen LogP contribution < -0.4 is 0 Å². The quantitative estimate of drug-likeness (QED) is 0.607. The second kappa shape index (κ2) is 4.73. The van der Waals surface area contributed by atoms with Crippen LogP contribution in [0.25, 0.3) is 0 Å². The van der Waals surface area contributed by atoms with Gasteiger partial charge in [-0.3, -0.25) is 0 Å². The van der Waals surface area contributed by atoms with E-state index in [0.717, 1.165) is 23.7 Å². The third kappa shape index (κ3) is 3.21.